The smallest absolute Gasteiger partial charge is 0.290 e. The maximum Gasteiger partial charge on any atom is 0.433 e. The molecule has 0 aliphatic carbocycles. The van der Waals surface area contributed by atoms with Gasteiger partial charge in [0.25, 0.3) is 0 Å². The van der Waals surface area contributed by atoms with E-state index in [-0.39, 0.29) is 5.65 Å². The molecule has 0 saturated heterocycles. The number of aromatic nitrogens is 4. The molecule has 154 valence electrons. The van der Waals surface area contributed by atoms with E-state index in [1.54, 1.807) is 42.4 Å². The van der Waals surface area contributed by atoms with Gasteiger partial charge in [-0.15, -0.1) is 11.8 Å². The van der Waals surface area contributed by atoms with Gasteiger partial charge in [0.15, 0.2) is 0 Å². The molecule has 0 amide bonds. The molecule has 0 aliphatic heterocycles. The Morgan fingerprint density at radius 1 is 1.00 bits per heavy atom. The van der Waals surface area contributed by atoms with Crippen molar-refractivity contribution in [2.45, 2.75) is 18.0 Å². The van der Waals surface area contributed by atoms with Gasteiger partial charge in [0.2, 0.25) is 0 Å². The van der Waals surface area contributed by atoms with Crippen LogP contribution in [-0.4, -0.2) is 25.1 Å². The number of pyridine rings is 1. The van der Waals surface area contributed by atoms with Gasteiger partial charge in [-0.1, -0.05) is 30.1 Å². The highest BCUT2D eigenvalue weighted by atomic mass is 35.5. The second-order valence-corrected chi connectivity index (χ2v) is 8.50. The van der Waals surface area contributed by atoms with Crippen LogP contribution in [0, 0.1) is 0 Å². The van der Waals surface area contributed by atoms with Crippen molar-refractivity contribution in [3.63, 3.8) is 0 Å². The summed E-state index contributed by atoms with van der Waals surface area (Å²) < 4.78 is 40.3. The molecule has 10 heteroatoms. The zero-order chi connectivity index (χ0) is 21.5. The average molecular weight is 469 g/mol. The number of thioether (sulfide) groups is 1. The third-order valence-electron chi connectivity index (χ3n) is 4.23. The lowest BCUT2D eigenvalue weighted by Crippen LogP contribution is -2.08. The Labute approximate surface area is 184 Å². The molecular formula is C20H13Cl2F3N4S. The molecule has 0 spiro atoms. The third-order valence-corrected chi connectivity index (χ3v) is 5.58. The zero-order valence-corrected chi connectivity index (χ0v) is 17.7. The van der Waals surface area contributed by atoms with Gasteiger partial charge in [0.1, 0.15) is 29.1 Å². The summed E-state index contributed by atoms with van der Waals surface area (Å²) in [6.07, 6.45) is -0.153. The van der Waals surface area contributed by atoms with Crippen LogP contribution in [-0.2, 0) is 6.18 Å². The molecule has 30 heavy (non-hydrogen) atoms. The zero-order valence-electron chi connectivity index (χ0n) is 15.4. The average Bonchev–Trinajstić information content (AvgIpc) is 3.10. The van der Waals surface area contributed by atoms with Gasteiger partial charge >= 0.3 is 6.18 Å². The van der Waals surface area contributed by atoms with Crippen molar-refractivity contribution in [2.24, 2.45) is 0 Å². The Morgan fingerprint density at radius 3 is 2.40 bits per heavy atom. The predicted molar refractivity (Wildman–Crippen MR) is 113 cm³/mol. The molecule has 0 radical (unpaired) electrons. The Morgan fingerprint density at radius 2 is 1.73 bits per heavy atom. The standard InChI is InChI=1S/C20H13Cl2F3N4S/c1-2-30-16-5-12(11-3-13(21)6-14(22)4-11)8-26-19(16)15-9-29-10-27-17(20(23,24)25)7-18(29)28-15/h3-10H,2H2,1H3. The molecule has 0 fully saturated rings. The number of alkyl halides is 3. The summed E-state index contributed by atoms with van der Waals surface area (Å²) in [5.74, 6) is 0.779. The first-order chi connectivity index (χ1) is 14.2. The summed E-state index contributed by atoms with van der Waals surface area (Å²) in [7, 11) is 0. The van der Waals surface area contributed by atoms with Crippen molar-refractivity contribution in [3.05, 3.63) is 64.8 Å². The fraction of sp³-hybridized carbons (Fsp3) is 0.150. The summed E-state index contributed by atoms with van der Waals surface area (Å²) in [5, 5.41) is 1.03. The van der Waals surface area contributed by atoms with Crippen LogP contribution in [0.4, 0.5) is 13.2 Å². The van der Waals surface area contributed by atoms with Crippen LogP contribution < -0.4 is 0 Å². The maximum absolute atomic E-state index is 12.9. The highest BCUT2D eigenvalue weighted by molar-refractivity contribution is 7.99. The molecule has 3 aromatic heterocycles. The molecule has 0 N–H and O–H groups in total. The third kappa shape index (κ3) is 4.26. The predicted octanol–water partition coefficient (Wildman–Crippen LogP) is 6.90. The number of fused-ring (bicyclic) bond motifs is 1. The summed E-state index contributed by atoms with van der Waals surface area (Å²) in [5.41, 5.74) is 1.84. The second kappa shape index (κ2) is 8.09. The summed E-state index contributed by atoms with van der Waals surface area (Å²) in [6.45, 7) is 2.00. The van der Waals surface area contributed by atoms with Crippen LogP contribution in [0.5, 0.6) is 0 Å². The highest BCUT2D eigenvalue weighted by Gasteiger charge is 2.33. The number of nitrogens with zero attached hydrogens (tertiary/aromatic N) is 4. The van der Waals surface area contributed by atoms with Gasteiger partial charge in [0.05, 0.1) is 0 Å². The van der Waals surface area contributed by atoms with Gasteiger partial charge in [-0.25, -0.2) is 9.97 Å². The molecule has 0 unspecified atom stereocenters. The largest absolute Gasteiger partial charge is 0.433 e. The number of halogens is 5. The monoisotopic (exact) mass is 468 g/mol. The van der Waals surface area contributed by atoms with E-state index in [4.69, 9.17) is 23.2 Å². The van der Waals surface area contributed by atoms with E-state index in [2.05, 4.69) is 15.0 Å². The lowest BCUT2D eigenvalue weighted by molar-refractivity contribution is -0.141. The number of imidazole rings is 1. The highest BCUT2D eigenvalue weighted by Crippen LogP contribution is 2.35. The Hall–Kier alpha value is -2.29. The SMILES string of the molecule is CCSc1cc(-c2cc(Cl)cc(Cl)c2)cnc1-c1cn2cnc(C(F)(F)F)cc2n1. The first-order valence-electron chi connectivity index (χ1n) is 8.76. The lowest BCUT2D eigenvalue weighted by Gasteiger charge is -2.09. The van der Waals surface area contributed by atoms with E-state index in [1.807, 2.05) is 13.0 Å². The Kier molecular flexibility index (Phi) is 5.65. The molecule has 1 aromatic carbocycles. The van der Waals surface area contributed by atoms with Crippen LogP contribution in [0.1, 0.15) is 12.6 Å². The molecule has 4 nitrogen and oxygen atoms in total. The first kappa shape index (κ1) is 21.0. The molecule has 0 aliphatic rings. The molecule has 0 bridgehead atoms. The van der Waals surface area contributed by atoms with Crippen molar-refractivity contribution >= 4 is 40.6 Å². The van der Waals surface area contributed by atoms with Crippen molar-refractivity contribution in [1.29, 1.82) is 0 Å². The van der Waals surface area contributed by atoms with Crippen LogP contribution in [0.2, 0.25) is 10.0 Å². The topological polar surface area (TPSA) is 43.1 Å². The van der Waals surface area contributed by atoms with E-state index >= 15 is 0 Å². The second-order valence-electron chi connectivity index (χ2n) is 6.33. The van der Waals surface area contributed by atoms with E-state index in [1.165, 1.54) is 4.40 Å². The van der Waals surface area contributed by atoms with Gasteiger partial charge in [-0.2, -0.15) is 13.2 Å². The van der Waals surface area contributed by atoms with Crippen LogP contribution in [0.25, 0.3) is 28.2 Å². The van der Waals surface area contributed by atoms with Gasteiger partial charge < -0.3 is 0 Å². The lowest BCUT2D eigenvalue weighted by atomic mass is 10.1. The van der Waals surface area contributed by atoms with Crippen molar-refractivity contribution in [1.82, 2.24) is 19.4 Å². The van der Waals surface area contributed by atoms with Crippen LogP contribution in [0.15, 0.2) is 53.9 Å². The number of benzene rings is 1. The number of hydrogen-bond donors (Lipinski definition) is 0. The fourth-order valence-electron chi connectivity index (χ4n) is 2.94. The maximum atomic E-state index is 12.9. The van der Waals surface area contributed by atoms with Crippen molar-refractivity contribution in [3.8, 4) is 22.5 Å². The summed E-state index contributed by atoms with van der Waals surface area (Å²) >= 11 is 13.8. The number of hydrogen-bond acceptors (Lipinski definition) is 4. The Balaban J connectivity index is 1.80. The van der Waals surface area contributed by atoms with Crippen LogP contribution >= 0.6 is 35.0 Å². The van der Waals surface area contributed by atoms with Crippen molar-refractivity contribution < 1.29 is 13.2 Å². The summed E-state index contributed by atoms with van der Waals surface area (Å²) in [4.78, 5) is 13.2. The quantitative estimate of drug-likeness (QED) is 0.305. The van der Waals surface area contributed by atoms with E-state index in [0.29, 0.717) is 21.4 Å². The minimum Gasteiger partial charge on any atom is -0.290 e. The molecular weight excluding hydrogens is 456 g/mol. The molecule has 0 saturated carbocycles. The fourth-order valence-corrected chi connectivity index (χ4v) is 4.28. The van der Waals surface area contributed by atoms with E-state index in [0.717, 1.165) is 34.2 Å². The summed E-state index contributed by atoms with van der Waals surface area (Å²) in [6, 6.07) is 8.09. The van der Waals surface area contributed by atoms with Crippen LogP contribution in [0.3, 0.4) is 0 Å². The van der Waals surface area contributed by atoms with Gasteiger partial charge in [-0.05, 0) is 35.6 Å². The minimum atomic E-state index is -4.53. The molecule has 4 aromatic rings. The first-order valence-corrected chi connectivity index (χ1v) is 10.5. The van der Waals surface area contributed by atoms with Gasteiger partial charge in [-0.3, -0.25) is 9.38 Å². The Bertz CT molecular complexity index is 1220. The molecule has 4 rings (SSSR count). The van der Waals surface area contributed by atoms with Crippen molar-refractivity contribution in [2.75, 3.05) is 5.75 Å². The molecule has 0 atom stereocenters. The van der Waals surface area contributed by atoms with Gasteiger partial charge in [0, 0.05) is 39.0 Å². The number of rotatable bonds is 4. The molecule has 3 heterocycles. The van der Waals surface area contributed by atoms with E-state index in [9.17, 15) is 13.2 Å². The minimum absolute atomic E-state index is 0.146. The van der Waals surface area contributed by atoms with E-state index < -0.39 is 11.9 Å². The normalized spacial score (nSPS) is 11.9.